The summed E-state index contributed by atoms with van der Waals surface area (Å²) in [4.78, 5) is 0. The van der Waals surface area contributed by atoms with Crippen molar-refractivity contribution < 1.29 is 4.74 Å². The standard InChI is InChI=1S/C17H27NO/c1-14-8-10-16(11-9-14)19-13-5-12-18-17-7-4-3-6-15(17)2/h8-11,15,17-18H,3-7,12-13H2,1-2H3. The van der Waals surface area contributed by atoms with Gasteiger partial charge in [0, 0.05) is 6.04 Å². The molecular weight excluding hydrogens is 234 g/mol. The second-order valence-corrected chi connectivity index (χ2v) is 5.84. The molecule has 1 aliphatic rings. The van der Waals surface area contributed by atoms with Crippen molar-refractivity contribution in [3.8, 4) is 5.75 Å². The van der Waals surface area contributed by atoms with Crippen LogP contribution in [0.3, 0.4) is 0 Å². The molecule has 0 spiro atoms. The number of hydrogen-bond acceptors (Lipinski definition) is 2. The largest absolute Gasteiger partial charge is 0.494 e. The Kier molecular flexibility index (Phi) is 5.71. The molecule has 19 heavy (non-hydrogen) atoms. The minimum Gasteiger partial charge on any atom is -0.494 e. The van der Waals surface area contributed by atoms with Gasteiger partial charge < -0.3 is 10.1 Å². The molecule has 1 N–H and O–H groups in total. The Balaban J connectivity index is 1.58. The van der Waals surface area contributed by atoms with E-state index in [9.17, 15) is 0 Å². The lowest BCUT2D eigenvalue weighted by atomic mass is 9.86. The molecule has 0 bridgehead atoms. The summed E-state index contributed by atoms with van der Waals surface area (Å²) in [5.74, 6) is 1.82. The van der Waals surface area contributed by atoms with Crippen molar-refractivity contribution in [3.63, 3.8) is 0 Å². The Bertz CT molecular complexity index is 360. The summed E-state index contributed by atoms with van der Waals surface area (Å²) in [7, 11) is 0. The molecule has 2 heteroatoms. The van der Waals surface area contributed by atoms with Crippen LogP contribution in [-0.2, 0) is 0 Å². The third-order valence-electron chi connectivity index (χ3n) is 4.13. The summed E-state index contributed by atoms with van der Waals surface area (Å²) in [5.41, 5.74) is 1.28. The molecule has 1 fully saturated rings. The first-order valence-corrected chi connectivity index (χ1v) is 7.68. The highest BCUT2D eigenvalue weighted by atomic mass is 16.5. The topological polar surface area (TPSA) is 21.3 Å². The van der Waals surface area contributed by atoms with E-state index in [1.807, 2.05) is 12.1 Å². The second kappa shape index (κ2) is 7.54. The first-order valence-electron chi connectivity index (χ1n) is 7.68. The van der Waals surface area contributed by atoms with Crippen LogP contribution in [0.5, 0.6) is 5.75 Å². The van der Waals surface area contributed by atoms with E-state index in [2.05, 4.69) is 31.3 Å². The maximum atomic E-state index is 5.74. The van der Waals surface area contributed by atoms with Crippen molar-refractivity contribution >= 4 is 0 Å². The van der Waals surface area contributed by atoms with Crippen LogP contribution in [0.25, 0.3) is 0 Å². The van der Waals surface area contributed by atoms with E-state index in [0.717, 1.165) is 37.3 Å². The van der Waals surface area contributed by atoms with Crippen molar-refractivity contribution in [2.45, 2.75) is 52.0 Å². The van der Waals surface area contributed by atoms with Crippen molar-refractivity contribution in [1.29, 1.82) is 0 Å². The Morgan fingerprint density at radius 3 is 2.63 bits per heavy atom. The van der Waals surface area contributed by atoms with E-state index in [1.165, 1.54) is 31.2 Å². The van der Waals surface area contributed by atoms with Gasteiger partial charge in [0.25, 0.3) is 0 Å². The van der Waals surface area contributed by atoms with E-state index in [0.29, 0.717) is 0 Å². The maximum absolute atomic E-state index is 5.74. The average molecular weight is 261 g/mol. The van der Waals surface area contributed by atoms with Crippen molar-refractivity contribution in [2.75, 3.05) is 13.2 Å². The number of aryl methyl sites for hydroxylation is 1. The van der Waals surface area contributed by atoms with Gasteiger partial charge in [0.05, 0.1) is 6.61 Å². The molecule has 1 aliphatic carbocycles. The summed E-state index contributed by atoms with van der Waals surface area (Å²) < 4.78 is 5.74. The van der Waals surface area contributed by atoms with Crippen LogP contribution in [-0.4, -0.2) is 19.2 Å². The molecule has 0 heterocycles. The molecule has 2 nitrogen and oxygen atoms in total. The molecule has 106 valence electrons. The second-order valence-electron chi connectivity index (χ2n) is 5.84. The predicted octanol–water partition coefficient (Wildman–Crippen LogP) is 3.93. The minimum atomic E-state index is 0.730. The summed E-state index contributed by atoms with van der Waals surface area (Å²) in [6.07, 6.45) is 6.62. The number of ether oxygens (including phenoxy) is 1. The third-order valence-corrected chi connectivity index (χ3v) is 4.13. The zero-order valence-corrected chi connectivity index (χ0v) is 12.3. The smallest absolute Gasteiger partial charge is 0.119 e. The maximum Gasteiger partial charge on any atom is 0.119 e. The van der Waals surface area contributed by atoms with Gasteiger partial charge in [0.1, 0.15) is 5.75 Å². The van der Waals surface area contributed by atoms with Crippen molar-refractivity contribution in [2.24, 2.45) is 5.92 Å². The highest BCUT2D eigenvalue weighted by molar-refractivity contribution is 5.26. The lowest BCUT2D eigenvalue weighted by Crippen LogP contribution is -2.38. The highest BCUT2D eigenvalue weighted by Gasteiger charge is 2.19. The molecule has 0 radical (unpaired) electrons. The van der Waals surface area contributed by atoms with Crippen LogP contribution in [0.4, 0.5) is 0 Å². The summed E-state index contributed by atoms with van der Waals surface area (Å²) in [6, 6.07) is 9.01. The van der Waals surface area contributed by atoms with Crippen LogP contribution in [0, 0.1) is 12.8 Å². The Morgan fingerprint density at radius 2 is 1.89 bits per heavy atom. The van der Waals surface area contributed by atoms with Crippen molar-refractivity contribution in [1.82, 2.24) is 5.32 Å². The number of nitrogens with one attached hydrogen (secondary N) is 1. The lowest BCUT2D eigenvalue weighted by Gasteiger charge is -2.29. The fraction of sp³-hybridized carbons (Fsp3) is 0.647. The van der Waals surface area contributed by atoms with Gasteiger partial charge in [0.15, 0.2) is 0 Å². The molecule has 2 unspecified atom stereocenters. The van der Waals surface area contributed by atoms with Gasteiger partial charge in [0.2, 0.25) is 0 Å². The molecular formula is C17H27NO. The van der Waals surface area contributed by atoms with Gasteiger partial charge in [-0.15, -0.1) is 0 Å². The molecule has 0 aliphatic heterocycles. The van der Waals surface area contributed by atoms with Crippen molar-refractivity contribution in [3.05, 3.63) is 29.8 Å². The molecule has 0 aromatic heterocycles. The Hall–Kier alpha value is -1.02. The number of hydrogen-bond donors (Lipinski definition) is 1. The van der Waals surface area contributed by atoms with Crippen LogP contribution in [0.1, 0.15) is 44.6 Å². The van der Waals surface area contributed by atoms with Crippen LogP contribution in [0.2, 0.25) is 0 Å². The van der Waals surface area contributed by atoms with E-state index in [1.54, 1.807) is 0 Å². The third kappa shape index (κ3) is 4.87. The van der Waals surface area contributed by atoms with Crippen LogP contribution < -0.4 is 10.1 Å². The molecule has 2 rings (SSSR count). The fourth-order valence-corrected chi connectivity index (χ4v) is 2.80. The first kappa shape index (κ1) is 14.4. The summed E-state index contributed by atoms with van der Waals surface area (Å²) in [6.45, 7) is 6.34. The fourth-order valence-electron chi connectivity index (χ4n) is 2.80. The van der Waals surface area contributed by atoms with E-state index >= 15 is 0 Å². The first-order chi connectivity index (χ1) is 9.25. The van der Waals surface area contributed by atoms with Gasteiger partial charge in [-0.1, -0.05) is 37.5 Å². The summed E-state index contributed by atoms with van der Waals surface area (Å²) >= 11 is 0. The molecule has 1 aromatic carbocycles. The number of rotatable bonds is 6. The highest BCUT2D eigenvalue weighted by Crippen LogP contribution is 2.23. The predicted molar refractivity (Wildman–Crippen MR) is 80.7 cm³/mol. The van der Waals surface area contributed by atoms with E-state index in [4.69, 9.17) is 4.74 Å². The van der Waals surface area contributed by atoms with Gasteiger partial charge in [-0.05, 0) is 50.8 Å². The monoisotopic (exact) mass is 261 g/mol. The zero-order valence-electron chi connectivity index (χ0n) is 12.3. The van der Waals surface area contributed by atoms with Gasteiger partial charge in [-0.3, -0.25) is 0 Å². The van der Waals surface area contributed by atoms with Crippen LogP contribution >= 0.6 is 0 Å². The molecule has 1 saturated carbocycles. The zero-order chi connectivity index (χ0) is 13.5. The Labute approximate surface area is 117 Å². The average Bonchev–Trinajstić information content (AvgIpc) is 2.42. The van der Waals surface area contributed by atoms with E-state index in [-0.39, 0.29) is 0 Å². The van der Waals surface area contributed by atoms with E-state index < -0.39 is 0 Å². The number of benzene rings is 1. The van der Waals surface area contributed by atoms with Gasteiger partial charge in [-0.2, -0.15) is 0 Å². The Morgan fingerprint density at radius 1 is 1.16 bits per heavy atom. The van der Waals surface area contributed by atoms with Gasteiger partial charge >= 0.3 is 0 Å². The van der Waals surface area contributed by atoms with Gasteiger partial charge in [-0.25, -0.2) is 0 Å². The normalized spacial score (nSPS) is 23.3. The molecule has 0 saturated heterocycles. The molecule has 1 aromatic rings. The molecule has 0 amide bonds. The minimum absolute atomic E-state index is 0.730. The summed E-state index contributed by atoms with van der Waals surface area (Å²) in [5, 5.41) is 3.69. The lowest BCUT2D eigenvalue weighted by molar-refractivity contribution is 0.263. The SMILES string of the molecule is Cc1ccc(OCCCNC2CCCCC2C)cc1. The van der Waals surface area contributed by atoms with Crippen LogP contribution in [0.15, 0.2) is 24.3 Å². The molecule has 2 atom stereocenters. The quantitative estimate of drug-likeness (QED) is 0.783.